The topological polar surface area (TPSA) is 134 Å². The zero-order valence-corrected chi connectivity index (χ0v) is 10.9. The maximum atomic E-state index is 10.0. The van der Waals surface area contributed by atoms with Crippen molar-refractivity contribution in [1.29, 1.82) is 0 Å². The first-order chi connectivity index (χ1) is 9.13. The Kier molecular flexibility index (Phi) is 3.20. The molecule has 1 aromatic rings. The van der Waals surface area contributed by atoms with Crippen molar-refractivity contribution in [1.82, 2.24) is 9.97 Å². The molecule has 0 amide bonds. The maximum absolute atomic E-state index is 10.0. The summed E-state index contributed by atoms with van der Waals surface area (Å²) >= 11 is 0. The minimum absolute atomic E-state index is 0.337. The first kappa shape index (κ1) is 12.8. The van der Waals surface area contributed by atoms with Crippen LogP contribution in [-0.2, 0) is 4.74 Å². The third kappa shape index (κ3) is 1.92. The molecule has 19 heavy (non-hydrogen) atoms. The number of aliphatic hydroxyl groups is 3. The van der Waals surface area contributed by atoms with E-state index in [0.29, 0.717) is 16.9 Å². The summed E-state index contributed by atoms with van der Waals surface area (Å²) in [4.78, 5) is 8.07. The molecule has 0 radical (unpaired) electrons. The number of nitrogen functional groups attached to an aromatic ring is 1. The first-order valence-electron chi connectivity index (χ1n) is 5.83. The molecule has 1 aromatic heterocycles. The van der Waals surface area contributed by atoms with E-state index in [0.717, 1.165) is 0 Å². The van der Waals surface area contributed by atoms with Crippen LogP contribution in [-0.4, -0.2) is 62.0 Å². The summed E-state index contributed by atoms with van der Waals surface area (Å²) in [6, 6.07) is 0. The second-order valence-corrected chi connectivity index (χ2v) is 6.73. The monoisotopic (exact) mass is 286 g/mol. The SMILES string of the molecule is Nc1ncnc2c1NC=[PH]2[C@@H]1O[C@H](CO)[C@@H](O)[C@H]1O. The van der Waals surface area contributed by atoms with Crippen molar-refractivity contribution < 1.29 is 20.1 Å². The Hall–Kier alpha value is -1.18. The van der Waals surface area contributed by atoms with E-state index in [4.69, 9.17) is 15.6 Å². The highest BCUT2D eigenvalue weighted by molar-refractivity contribution is 7.66. The summed E-state index contributed by atoms with van der Waals surface area (Å²) in [6.45, 7) is -0.337. The van der Waals surface area contributed by atoms with Crippen LogP contribution in [0.5, 0.6) is 0 Å². The second-order valence-electron chi connectivity index (χ2n) is 4.49. The molecule has 1 saturated heterocycles. The van der Waals surface area contributed by atoms with E-state index in [-0.39, 0.29) is 6.61 Å². The lowest BCUT2D eigenvalue weighted by Crippen LogP contribution is -2.33. The summed E-state index contributed by atoms with van der Waals surface area (Å²) in [5, 5.41) is 31.9. The zero-order chi connectivity index (χ0) is 13.6. The number of hydrogen-bond acceptors (Lipinski definition) is 8. The van der Waals surface area contributed by atoms with Gasteiger partial charge in [0, 0.05) is 5.92 Å². The number of hydrogen-bond donors (Lipinski definition) is 5. The van der Waals surface area contributed by atoms with Gasteiger partial charge in [0.25, 0.3) is 0 Å². The van der Waals surface area contributed by atoms with Crippen molar-refractivity contribution >= 4 is 30.4 Å². The van der Waals surface area contributed by atoms with E-state index >= 15 is 0 Å². The molecule has 2 aliphatic heterocycles. The normalized spacial score (nSPS) is 36.7. The van der Waals surface area contributed by atoms with Crippen LogP contribution in [0.3, 0.4) is 0 Å². The molecule has 0 saturated carbocycles. The molecule has 8 nitrogen and oxygen atoms in total. The fraction of sp³-hybridized carbons (Fsp3) is 0.500. The molecule has 0 aromatic carbocycles. The average molecular weight is 286 g/mol. The van der Waals surface area contributed by atoms with Crippen LogP contribution in [0.25, 0.3) is 0 Å². The number of nitrogens with one attached hydrogen (secondary N) is 1. The Morgan fingerprint density at radius 2 is 2.16 bits per heavy atom. The van der Waals surface area contributed by atoms with Gasteiger partial charge in [0.15, 0.2) is 5.82 Å². The number of aliphatic hydroxyl groups excluding tert-OH is 3. The van der Waals surface area contributed by atoms with E-state index < -0.39 is 31.7 Å². The largest absolute Gasteiger partial charge is 0.394 e. The number of ether oxygens (including phenoxy) is 1. The number of nitrogens with zero attached hydrogens (tertiary/aromatic N) is 2. The van der Waals surface area contributed by atoms with Gasteiger partial charge in [0.1, 0.15) is 36.2 Å². The quantitative estimate of drug-likeness (QED) is 0.377. The molecule has 2 aliphatic rings. The van der Waals surface area contributed by atoms with Gasteiger partial charge in [0.2, 0.25) is 0 Å². The van der Waals surface area contributed by atoms with Crippen LogP contribution in [0, 0.1) is 0 Å². The predicted octanol–water partition coefficient (Wildman–Crippen LogP) is -2.48. The molecule has 3 rings (SSSR count). The molecule has 0 aliphatic carbocycles. The Morgan fingerprint density at radius 3 is 2.84 bits per heavy atom. The van der Waals surface area contributed by atoms with Crippen LogP contribution < -0.4 is 16.5 Å². The van der Waals surface area contributed by atoms with Crippen molar-refractivity contribution in [2.75, 3.05) is 17.7 Å². The molecular formula is C10H15N4O4P. The Bertz CT molecular complexity index is 540. The lowest BCUT2D eigenvalue weighted by molar-refractivity contribution is -0.00833. The molecule has 6 N–H and O–H groups in total. The van der Waals surface area contributed by atoms with Crippen LogP contribution in [0.1, 0.15) is 0 Å². The van der Waals surface area contributed by atoms with E-state index in [1.165, 1.54) is 6.33 Å². The molecular weight excluding hydrogens is 271 g/mol. The van der Waals surface area contributed by atoms with Crippen molar-refractivity contribution in [3.8, 4) is 0 Å². The lowest BCUT2D eigenvalue weighted by atomic mass is 10.2. The highest BCUT2D eigenvalue weighted by atomic mass is 31.1. The van der Waals surface area contributed by atoms with Gasteiger partial charge in [0.05, 0.1) is 12.0 Å². The number of aromatic nitrogens is 2. The fourth-order valence-corrected chi connectivity index (χ4v) is 4.80. The average Bonchev–Trinajstić information content (AvgIpc) is 2.94. The Labute approximate surface area is 109 Å². The number of fused-ring (bicyclic) bond motifs is 1. The Morgan fingerprint density at radius 1 is 1.37 bits per heavy atom. The van der Waals surface area contributed by atoms with Crippen molar-refractivity contribution in [2.45, 2.75) is 24.2 Å². The van der Waals surface area contributed by atoms with Crippen molar-refractivity contribution in [3.05, 3.63) is 6.33 Å². The molecule has 9 heteroatoms. The van der Waals surface area contributed by atoms with Crippen molar-refractivity contribution in [3.63, 3.8) is 0 Å². The van der Waals surface area contributed by atoms with Gasteiger partial charge < -0.3 is 31.1 Å². The minimum atomic E-state index is -1.50. The van der Waals surface area contributed by atoms with Crippen LogP contribution in [0.2, 0.25) is 0 Å². The Balaban J connectivity index is 1.92. The molecule has 1 unspecified atom stereocenters. The fourth-order valence-electron chi connectivity index (χ4n) is 2.35. The van der Waals surface area contributed by atoms with Gasteiger partial charge in [-0.1, -0.05) is 0 Å². The molecule has 0 spiro atoms. The van der Waals surface area contributed by atoms with E-state index in [1.54, 1.807) is 5.92 Å². The second kappa shape index (κ2) is 4.73. The minimum Gasteiger partial charge on any atom is -0.394 e. The molecule has 5 atom stereocenters. The van der Waals surface area contributed by atoms with Crippen LogP contribution in [0.4, 0.5) is 11.5 Å². The molecule has 0 bridgehead atoms. The highest BCUT2D eigenvalue weighted by Crippen LogP contribution is 2.42. The van der Waals surface area contributed by atoms with Gasteiger partial charge in [-0.15, -0.1) is 0 Å². The van der Waals surface area contributed by atoms with E-state index in [2.05, 4.69) is 15.3 Å². The molecule has 1 fully saturated rings. The lowest BCUT2D eigenvalue weighted by Gasteiger charge is -2.16. The highest BCUT2D eigenvalue weighted by Gasteiger charge is 2.45. The summed E-state index contributed by atoms with van der Waals surface area (Å²) in [7, 11) is -1.50. The van der Waals surface area contributed by atoms with Crippen LogP contribution >= 0.6 is 7.55 Å². The first-order valence-corrected chi connectivity index (χ1v) is 7.49. The summed E-state index contributed by atoms with van der Waals surface area (Å²) in [6.07, 6.45) is -1.55. The number of anilines is 2. The third-order valence-corrected chi connectivity index (χ3v) is 5.84. The van der Waals surface area contributed by atoms with Crippen molar-refractivity contribution in [2.24, 2.45) is 0 Å². The smallest absolute Gasteiger partial charge is 0.151 e. The van der Waals surface area contributed by atoms with Gasteiger partial charge in [-0.05, 0) is 7.55 Å². The maximum Gasteiger partial charge on any atom is 0.151 e. The summed E-state index contributed by atoms with van der Waals surface area (Å²) in [5.41, 5.74) is 7.09. The van der Waals surface area contributed by atoms with Crippen LogP contribution in [0.15, 0.2) is 6.33 Å². The van der Waals surface area contributed by atoms with Gasteiger partial charge >= 0.3 is 0 Å². The van der Waals surface area contributed by atoms with E-state index in [1.807, 2.05) is 0 Å². The summed E-state index contributed by atoms with van der Waals surface area (Å²) in [5.74, 6) is 1.55. The molecule has 3 heterocycles. The van der Waals surface area contributed by atoms with Gasteiger partial charge in [-0.2, -0.15) is 0 Å². The molecule has 104 valence electrons. The number of nitrogens with two attached hydrogens (primary N) is 1. The standard InChI is InChI=1S/C10H15N4O4P/c11-8-5-9(13-2-12-8)19(3-14-5)10-7(17)6(16)4(1-15)18-10/h2-4,6-7,10,14-17,19H,1H2,(H2,11,12,13)/t4-,6-,7-,10+/m1/s1. The van der Waals surface area contributed by atoms with Gasteiger partial charge in [-0.3, -0.25) is 0 Å². The van der Waals surface area contributed by atoms with Gasteiger partial charge in [-0.25, -0.2) is 9.97 Å². The third-order valence-electron chi connectivity index (χ3n) is 3.37. The predicted molar refractivity (Wildman–Crippen MR) is 71.8 cm³/mol. The summed E-state index contributed by atoms with van der Waals surface area (Å²) < 4.78 is 5.54. The zero-order valence-electron chi connectivity index (χ0n) is 9.89. The number of rotatable bonds is 2. The van der Waals surface area contributed by atoms with E-state index in [9.17, 15) is 10.2 Å².